The number of nitrogens with one attached hydrogen (secondary N) is 1. The van der Waals surface area contributed by atoms with Crippen molar-refractivity contribution in [3.63, 3.8) is 0 Å². The van der Waals surface area contributed by atoms with Crippen LogP contribution >= 0.6 is 11.6 Å². The largest absolute Gasteiger partial charge is 0.316 e. The molecule has 0 bridgehead atoms. The SMILES string of the molecule is Clc1ccc(C(CCC[C@H]2CNC[C@@H]2Cc2ccccc2)Cc2ccc3ccccc3c2)cc1. The first-order valence-corrected chi connectivity index (χ1v) is 13.1. The van der Waals surface area contributed by atoms with E-state index in [9.17, 15) is 0 Å². The summed E-state index contributed by atoms with van der Waals surface area (Å²) in [5.41, 5.74) is 4.29. The molecule has 0 aromatic heterocycles. The van der Waals surface area contributed by atoms with Crippen LogP contribution in [-0.4, -0.2) is 13.1 Å². The van der Waals surface area contributed by atoms with Crippen molar-refractivity contribution >= 4 is 22.4 Å². The van der Waals surface area contributed by atoms with Crippen LogP contribution in [0.2, 0.25) is 5.02 Å². The van der Waals surface area contributed by atoms with Gasteiger partial charge in [-0.1, -0.05) is 103 Å². The number of fused-ring (bicyclic) bond motifs is 1. The Kier molecular flexibility index (Phi) is 7.63. The summed E-state index contributed by atoms with van der Waals surface area (Å²) in [5, 5.41) is 7.12. The summed E-state index contributed by atoms with van der Waals surface area (Å²) in [4.78, 5) is 0. The van der Waals surface area contributed by atoms with Crippen LogP contribution in [-0.2, 0) is 12.8 Å². The molecule has 5 rings (SSSR count). The molecule has 34 heavy (non-hydrogen) atoms. The molecule has 1 heterocycles. The molecular weight excluding hydrogens is 434 g/mol. The van der Waals surface area contributed by atoms with E-state index in [0.717, 1.165) is 36.4 Å². The highest BCUT2D eigenvalue weighted by atomic mass is 35.5. The Hall–Kier alpha value is -2.61. The standard InChI is InChI=1S/C32H34ClN/c33-32-17-15-27(16-18-32)29(21-25-13-14-26-9-4-5-10-28(26)20-25)11-6-12-30-22-34-23-31(30)19-24-7-2-1-3-8-24/h1-5,7-10,13-18,20,29-31,34H,6,11-12,19,21-23H2/t29?,30-,31-/m0/s1. The minimum Gasteiger partial charge on any atom is -0.316 e. The van der Waals surface area contributed by atoms with Crippen LogP contribution in [0.1, 0.15) is 41.9 Å². The summed E-state index contributed by atoms with van der Waals surface area (Å²) in [7, 11) is 0. The zero-order chi connectivity index (χ0) is 23.2. The van der Waals surface area contributed by atoms with Crippen LogP contribution in [0.5, 0.6) is 0 Å². The van der Waals surface area contributed by atoms with Crippen LogP contribution in [0.3, 0.4) is 0 Å². The van der Waals surface area contributed by atoms with E-state index >= 15 is 0 Å². The van der Waals surface area contributed by atoms with E-state index in [-0.39, 0.29) is 0 Å². The van der Waals surface area contributed by atoms with Gasteiger partial charge in [-0.2, -0.15) is 0 Å². The van der Waals surface area contributed by atoms with Crippen molar-refractivity contribution in [2.75, 3.05) is 13.1 Å². The van der Waals surface area contributed by atoms with Gasteiger partial charge in [0.15, 0.2) is 0 Å². The highest BCUT2D eigenvalue weighted by Gasteiger charge is 2.27. The Bertz CT molecular complexity index is 1180. The second-order valence-corrected chi connectivity index (χ2v) is 10.4. The van der Waals surface area contributed by atoms with E-state index in [1.165, 1.54) is 53.1 Å². The van der Waals surface area contributed by atoms with Gasteiger partial charge < -0.3 is 5.32 Å². The molecule has 0 amide bonds. The molecule has 3 atom stereocenters. The van der Waals surface area contributed by atoms with Crippen LogP contribution in [0.4, 0.5) is 0 Å². The molecule has 0 saturated carbocycles. The minimum absolute atomic E-state index is 0.514. The molecule has 1 fully saturated rings. The van der Waals surface area contributed by atoms with E-state index < -0.39 is 0 Å². The molecular formula is C32H34ClN. The molecule has 4 aromatic carbocycles. The topological polar surface area (TPSA) is 12.0 Å². The highest BCUT2D eigenvalue weighted by molar-refractivity contribution is 6.30. The van der Waals surface area contributed by atoms with Gasteiger partial charge in [-0.3, -0.25) is 0 Å². The Balaban J connectivity index is 1.25. The second kappa shape index (κ2) is 11.2. The third-order valence-corrected chi connectivity index (χ3v) is 7.84. The molecule has 1 aliphatic heterocycles. The van der Waals surface area contributed by atoms with E-state index in [2.05, 4.69) is 90.2 Å². The zero-order valence-corrected chi connectivity index (χ0v) is 20.6. The lowest BCUT2D eigenvalue weighted by Gasteiger charge is -2.22. The van der Waals surface area contributed by atoms with Crippen molar-refractivity contribution in [3.8, 4) is 0 Å². The lowest BCUT2D eigenvalue weighted by atomic mass is 9.83. The normalized spacial score (nSPS) is 18.9. The van der Waals surface area contributed by atoms with Crippen LogP contribution in [0, 0.1) is 11.8 Å². The number of hydrogen-bond donors (Lipinski definition) is 1. The summed E-state index contributed by atoms with van der Waals surface area (Å²) in [6.07, 6.45) is 6.03. The van der Waals surface area contributed by atoms with Gasteiger partial charge in [0.05, 0.1) is 0 Å². The average Bonchev–Trinajstić information content (AvgIpc) is 3.31. The fourth-order valence-electron chi connectivity index (χ4n) is 5.68. The van der Waals surface area contributed by atoms with Crippen LogP contribution in [0.15, 0.2) is 97.1 Å². The molecule has 4 aromatic rings. The van der Waals surface area contributed by atoms with E-state index in [1.54, 1.807) is 0 Å². The van der Waals surface area contributed by atoms with Crippen molar-refractivity contribution in [1.29, 1.82) is 0 Å². The first-order valence-electron chi connectivity index (χ1n) is 12.7. The number of benzene rings is 4. The molecule has 0 aliphatic carbocycles. The summed E-state index contributed by atoms with van der Waals surface area (Å²) in [6, 6.07) is 35.1. The van der Waals surface area contributed by atoms with Crippen molar-refractivity contribution in [1.82, 2.24) is 5.32 Å². The number of halogens is 1. The maximum Gasteiger partial charge on any atom is 0.0406 e. The third-order valence-electron chi connectivity index (χ3n) is 7.59. The molecule has 174 valence electrons. The third kappa shape index (κ3) is 5.90. The van der Waals surface area contributed by atoms with Gasteiger partial charge in [0.2, 0.25) is 0 Å². The molecule has 1 nitrogen and oxygen atoms in total. The quantitative estimate of drug-likeness (QED) is 0.262. The summed E-state index contributed by atoms with van der Waals surface area (Å²) in [6.45, 7) is 2.31. The van der Waals surface area contributed by atoms with Gasteiger partial charge in [-0.05, 0) is 96.1 Å². The van der Waals surface area contributed by atoms with E-state index in [0.29, 0.717) is 5.92 Å². The van der Waals surface area contributed by atoms with Crippen LogP contribution < -0.4 is 5.32 Å². The molecule has 1 saturated heterocycles. The predicted octanol–water partition coefficient (Wildman–Crippen LogP) is 8.07. The number of hydrogen-bond acceptors (Lipinski definition) is 1. The van der Waals surface area contributed by atoms with Crippen molar-refractivity contribution in [3.05, 3.63) is 119 Å². The van der Waals surface area contributed by atoms with Crippen molar-refractivity contribution in [2.24, 2.45) is 11.8 Å². The van der Waals surface area contributed by atoms with Crippen molar-refractivity contribution in [2.45, 2.75) is 38.0 Å². The smallest absolute Gasteiger partial charge is 0.0406 e. The van der Waals surface area contributed by atoms with Gasteiger partial charge in [0.25, 0.3) is 0 Å². The molecule has 0 radical (unpaired) electrons. The molecule has 1 unspecified atom stereocenters. The first-order chi connectivity index (χ1) is 16.7. The monoisotopic (exact) mass is 467 g/mol. The fraction of sp³-hybridized carbons (Fsp3) is 0.312. The minimum atomic E-state index is 0.514. The van der Waals surface area contributed by atoms with Gasteiger partial charge >= 0.3 is 0 Å². The Morgan fingerprint density at radius 3 is 2.29 bits per heavy atom. The zero-order valence-electron chi connectivity index (χ0n) is 19.8. The molecule has 1 aliphatic rings. The summed E-state index contributed by atoms with van der Waals surface area (Å²) >= 11 is 6.21. The average molecular weight is 468 g/mol. The molecule has 0 spiro atoms. The molecule has 2 heteroatoms. The lowest BCUT2D eigenvalue weighted by Crippen LogP contribution is -2.16. The fourth-order valence-corrected chi connectivity index (χ4v) is 5.81. The van der Waals surface area contributed by atoms with Gasteiger partial charge in [-0.15, -0.1) is 0 Å². The van der Waals surface area contributed by atoms with E-state index in [1.807, 2.05) is 12.1 Å². The van der Waals surface area contributed by atoms with E-state index in [4.69, 9.17) is 11.6 Å². The maximum atomic E-state index is 6.21. The Labute approximate surface area is 209 Å². The molecule has 1 N–H and O–H groups in total. The second-order valence-electron chi connectivity index (χ2n) is 9.93. The van der Waals surface area contributed by atoms with Gasteiger partial charge in [0, 0.05) is 5.02 Å². The van der Waals surface area contributed by atoms with Gasteiger partial charge in [-0.25, -0.2) is 0 Å². The Morgan fingerprint density at radius 2 is 1.47 bits per heavy atom. The Morgan fingerprint density at radius 1 is 0.735 bits per heavy atom. The van der Waals surface area contributed by atoms with Crippen molar-refractivity contribution < 1.29 is 0 Å². The van der Waals surface area contributed by atoms with Crippen LogP contribution in [0.25, 0.3) is 10.8 Å². The first kappa shape index (κ1) is 23.1. The summed E-state index contributed by atoms with van der Waals surface area (Å²) in [5.74, 6) is 2.03. The lowest BCUT2D eigenvalue weighted by molar-refractivity contribution is 0.371. The predicted molar refractivity (Wildman–Crippen MR) is 146 cm³/mol. The highest BCUT2D eigenvalue weighted by Crippen LogP contribution is 2.32. The number of rotatable bonds is 9. The maximum absolute atomic E-state index is 6.21. The summed E-state index contributed by atoms with van der Waals surface area (Å²) < 4.78 is 0. The van der Waals surface area contributed by atoms with Gasteiger partial charge in [0.1, 0.15) is 0 Å².